The summed E-state index contributed by atoms with van der Waals surface area (Å²) >= 11 is 0. The minimum Gasteiger partial charge on any atom is -0.281 e. The van der Waals surface area contributed by atoms with Crippen LogP contribution in [-0.4, -0.2) is 35.9 Å². The molecule has 0 aliphatic carbocycles. The van der Waals surface area contributed by atoms with Crippen LogP contribution in [0.25, 0.3) is 11.0 Å². The second-order valence-electron chi connectivity index (χ2n) is 3.29. The quantitative estimate of drug-likeness (QED) is 0.745. The van der Waals surface area contributed by atoms with Gasteiger partial charge < -0.3 is 0 Å². The van der Waals surface area contributed by atoms with Crippen LogP contribution >= 0.6 is 0 Å². The van der Waals surface area contributed by atoms with Crippen LogP contribution in [0.4, 0.5) is 0 Å². The topological polar surface area (TPSA) is 135 Å². The number of aromatic nitrogens is 2. The molecule has 0 amide bonds. The van der Waals surface area contributed by atoms with E-state index in [0.29, 0.717) is 0 Å². The second kappa shape index (κ2) is 3.95. The average molecular weight is 290 g/mol. The SMILES string of the molecule is O=S(=O)(O)c1ccc2nc(S(=O)(=O)O)ccc2n1. The van der Waals surface area contributed by atoms with Crippen LogP contribution in [0, 0.1) is 0 Å². The molecule has 96 valence electrons. The van der Waals surface area contributed by atoms with Crippen LogP contribution in [0.2, 0.25) is 0 Å². The summed E-state index contributed by atoms with van der Waals surface area (Å²) in [5.41, 5.74) is 0.134. The van der Waals surface area contributed by atoms with E-state index < -0.39 is 30.3 Å². The Bertz CT molecular complexity index is 757. The molecule has 0 aliphatic heterocycles. The Balaban J connectivity index is 2.70. The smallest absolute Gasteiger partial charge is 0.281 e. The molecule has 0 atom stereocenters. The lowest BCUT2D eigenvalue weighted by atomic mass is 10.3. The summed E-state index contributed by atoms with van der Waals surface area (Å²) in [5, 5.41) is -1.15. The molecule has 18 heavy (non-hydrogen) atoms. The molecule has 0 fully saturated rings. The molecule has 0 saturated heterocycles. The zero-order valence-corrected chi connectivity index (χ0v) is 10.2. The van der Waals surface area contributed by atoms with E-state index in [0.717, 1.165) is 12.1 Å². The van der Waals surface area contributed by atoms with E-state index in [1.54, 1.807) is 0 Å². The lowest BCUT2D eigenvalue weighted by Crippen LogP contribution is -2.04. The number of hydrogen-bond acceptors (Lipinski definition) is 6. The van der Waals surface area contributed by atoms with E-state index in [2.05, 4.69) is 9.97 Å². The highest BCUT2D eigenvalue weighted by molar-refractivity contribution is 7.86. The van der Waals surface area contributed by atoms with Gasteiger partial charge in [-0.15, -0.1) is 0 Å². The summed E-state index contributed by atoms with van der Waals surface area (Å²) in [7, 11) is -8.88. The van der Waals surface area contributed by atoms with Gasteiger partial charge in [0.2, 0.25) is 0 Å². The fourth-order valence-corrected chi connectivity index (χ4v) is 2.17. The molecule has 0 unspecified atom stereocenters. The number of rotatable bonds is 2. The van der Waals surface area contributed by atoms with Crippen molar-refractivity contribution in [3.05, 3.63) is 24.3 Å². The maximum atomic E-state index is 10.8. The first kappa shape index (κ1) is 12.8. The Morgan fingerprint density at radius 2 is 1.06 bits per heavy atom. The van der Waals surface area contributed by atoms with Gasteiger partial charge in [0.15, 0.2) is 10.1 Å². The zero-order chi connectivity index (χ0) is 13.6. The van der Waals surface area contributed by atoms with Gasteiger partial charge in [0.1, 0.15) is 0 Å². The van der Waals surface area contributed by atoms with Gasteiger partial charge in [0, 0.05) is 0 Å². The van der Waals surface area contributed by atoms with Crippen LogP contribution in [0.5, 0.6) is 0 Å². The first-order valence-electron chi connectivity index (χ1n) is 4.41. The van der Waals surface area contributed by atoms with Crippen molar-refractivity contribution in [1.82, 2.24) is 9.97 Å². The molecule has 0 aliphatic rings. The van der Waals surface area contributed by atoms with Crippen molar-refractivity contribution in [2.75, 3.05) is 0 Å². The Hall–Kier alpha value is -1.62. The molecule has 0 bridgehead atoms. The minimum atomic E-state index is -4.44. The zero-order valence-electron chi connectivity index (χ0n) is 8.55. The molecule has 2 N–H and O–H groups in total. The molecular formula is C8H6N2O6S2. The van der Waals surface area contributed by atoms with Crippen molar-refractivity contribution >= 4 is 31.3 Å². The van der Waals surface area contributed by atoms with E-state index in [1.807, 2.05) is 0 Å². The monoisotopic (exact) mass is 290 g/mol. The van der Waals surface area contributed by atoms with Gasteiger partial charge in [-0.3, -0.25) is 9.11 Å². The van der Waals surface area contributed by atoms with Crippen LogP contribution in [-0.2, 0) is 20.2 Å². The van der Waals surface area contributed by atoms with Crippen LogP contribution in [0.1, 0.15) is 0 Å². The van der Waals surface area contributed by atoms with Gasteiger partial charge in [-0.1, -0.05) is 0 Å². The van der Waals surface area contributed by atoms with E-state index >= 15 is 0 Å². The average Bonchev–Trinajstić information content (AvgIpc) is 2.25. The van der Waals surface area contributed by atoms with Crippen molar-refractivity contribution < 1.29 is 25.9 Å². The summed E-state index contributed by atoms with van der Waals surface area (Å²) in [6, 6.07) is 4.27. The summed E-state index contributed by atoms with van der Waals surface area (Å²) in [6.07, 6.45) is 0. The molecule has 2 rings (SSSR count). The molecule has 2 heterocycles. The largest absolute Gasteiger partial charge is 0.312 e. The summed E-state index contributed by atoms with van der Waals surface area (Å²) in [5.74, 6) is 0. The fourth-order valence-electron chi connectivity index (χ4n) is 1.26. The van der Waals surface area contributed by atoms with Gasteiger partial charge in [-0.25, -0.2) is 9.97 Å². The standard InChI is InChI=1S/C8H6N2O6S2/c11-17(12,13)7-3-1-5-6(10-7)2-4-8(9-5)18(14,15)16/h1-4H,(H,11,12,13)(H,14,15,16). The molecule has 2 aromatic heterocycles. The van der Waals surface area contributed by atoms with E-state index in [1.165, 1.54) is 12.1 Å². The van der Waals surface area contributed by atoms with Crippen LogP contribution in [0.3, 0.4) is 0 Å². The maximum absolute atomic E-state index is 10.8. The predicted octanol–water partition coefficient (Wildman–Crippen LogP) is 0.123. The molecule has 0 saturated carbocycles. The van der Waals surface area contributed by atoms with Gasteiger partial charge in [0.05, 0.1) is 11.0 Å². The second-order valence-corrected chi connectivity index (χ2v) is 6.02. The third-order valence-electron chi connectivity index (χ3n) is 2.02. The number of fused-ring (bicyclic) bond motifs is 1. The first-order chi connectivity index (χ1) is 8.18. The van der Waals surface area contributed by atoms with Crippen molar-refractivity contribution in [3.8, 4) is 0 Å². The minimum absolute atomic E-state index is 0.0672. The molecular weight excluding hydrogens is 284 g/mol. The molecule has 0 aromatic carbocycles. The van der Waals surface area contributed by atoms with Crippen molar-refractivity contribution in [2.45, 2.75) is 10.1 Å². The number of pyridine rings is 2. The third-order valence-corrected chi connectivity index (χ3v) is 3.53. The predicted molar refractivity (Wildman–Crippen MR) is 59.2 cm³/mol. The highest BCUT2D eigenvalue weighted by Crippen LogP contribution is 2.16. The lowest BCUT2D eigenvalue weighted by Gasteiger charge is -2.01. The van der Waals surface area contributed by atoms with Gasteiger partial charge in [-0.05, 0) is 24.3 Å². The number of hydrogen-bond donors (Lipinski definition) is 2. The molecule has 2 aromatic rings. The first-order valence-corrected chi connectivity index (χ1v) is 7.29. The van der Waals surface area contributed by atoms with Gasteiger partial charge >= 0.3 is 20.2 Å². The van der Waals surface area contributed by atoms with E-state index in [9.17, 15) is 16.8 Å². The van der Waals surface area contributed by atoms with E-state index in [4.69, 9.17) is 9.11 Å². The van der Waals surface area contributed by atoms with Crippen LogP contribution in [0.15, 0.2) is 34.3 Å². The Morgan fingerprint density at radius 1 is 0.722 bits per heavy atom. The highest BCUT2D eigenvalue weighted by atomic mass is 32.2. The molecule has 0 spiro atoms. The van der Waals surface area contributed by atoms with Crippen molar-refractivity contribution in [1.29, 1.82) is 0 Å². The fraction of sp³-hybridized carbons (Fsp3) is 0. The number of nitrogens with zero attached hydrogens (tertiary/aromatic N) is 2. The van der Waals surface area contributed by atoms with Crippen LogP contribution < -0.4 is 0 Å². The van der Waals surface area contributed by atoms with E-state index in [-0.39, 0.29) is 11.0 Å². The van der Waals surface area contributed by atoms with Gasteiger partial charge in [0.25, 0.3) is 0 Å². The Kier molecular flexibility index (Phi) is 2.81. The maximum Gasteiger partial charge on any atom is 0.312 e. The summed E-state index contributed by atoms with van der Waals surface area (Å²) in [4.78, 5) is 7.19. The Morgan fingerprint density at radius 3 is 1.33 bits per heavy atom. The Labute approximate surface area is 102 Å². The molecule has 10 heteroatoms. The highest BCUT2D eigenvalue weighted by Gasteiger charge is 2.15. The summed E-state index contributed by atoms with van der Waals surface area (Å²) in [6.45, 7) is 0. The van der Waals surface area contributed by atoms with Crippen molar-refractivity contribution in [3.63, 3.8) is 0 Å². The molecule has 0 radical (unpaired) electrons. The van der Waals surface area contributed by atoms with Crippen molar-refractivity contribution in [2.24, 2.45) is 0 Å². The molecule has 8 nitrogen and oxygen atoms in total. The normalized spacial score (nSPS) is 12.8. The third kappa shape index (κ3) is 2.46. The lowest BCUT2D eigenvalue weighted by molar-refractivity contribution is 0.477. The van der Waals surface area contributed by atoms with Gasteiger partial charge in [-0.2, -0.15) is 16.8 Å². The summed E-state index contributed by atoms with van der Waals surface area (Å²) < 4.78 is 60.9.